The highest BCUT2D eigenvalue weighted by Gasteiger charge is 2.05. The van der Waals surface area contributed by atoms with Gasteiger partial charge in [-0.25, -0.2) is 0 Å². The summed E-state index contributed by atoms with van der Waals surface area (Å²) in [6.07, 6.45) is 6.58. The van der Waals surface area contributed by atoms with Gasteiger partial charge in [0, 0.05) is 13.0 Å². The molecule has 0 unspecified atom stereocenters. The van der Waals surface area contributed by atoms with Crippen LogP contribution in [0.2, 0.25) is 0 Å². The van der Waals surface area contributed by atoms with E-state index in [2.05, 4.69) is 33.0 Å². The zero-order chi connectivity index (χ0) is 12.4. The Kier molecular flexibility index (Phi) is 9.36. The van der Waals surface area contributed by atoms with E-state index in [1.165, 1.54) is 19.3 Å². The Bertz CT molecular complexity index is 174. The Morgan fingerprint density at radius 3 is 2.25 bits per heavy atom. The minimum Gasteiger partial charge on any atom is -0.356 e. The first kappa shape index (κ1) is 15.5. The minimum atomic E-state index is 0.221. The largest absolute Gasteiger partial charge is 0.356 e. The molecule has 0 fully saturated rings. The maximum atomic E-state index is 11.4. The molecule has 0 aromatic heterocycles. The van der Waals surface area contributed by atoms with E-state index in [9.17, 15) is 4.79 Å². The van der Waals surface area contributed by atoms with Crippen LogP contribution in [0.25, 0.3) is 0 Å². The molecule has 0 aliphatic carbocycles. The van der Waals surface area contributed by atoms with Crippen LogP contribution in [0.1, 0.15) is 66.2 Å². The topological polar surface area (TPSA) is 29.1 Å². The summed E-state index contributed by atoms with van der Waals surface area (Å²) in [7, 11) is 0. The van der Waals surface area contributed by atoms with Gasteiger partial charge in [-0.3, -0.25) is 4.79 Å². The monoisotopic (exact) mass is 227 g/mol. The predicted molar refractivity (Wildman–Crippen MR) is 70.4 cm³/mol. The fourth-order valence-electron chi connectivity index (χ4n) is 1.82. The molecular weight excluding hydrogens is 198 g/mol. The van der Waals surface area contributed by atoms with Crippen LogP contribution >= 0.6 is 0 Å². The Hall–Kier alpha value is -0.530. The van der Waals surface area contributed by atoms with Crippen molar-refractivity contribution in [3.63, 3.8) is 0 Å². The molecule has 0 aliphatic rings. The second-order valence-corrected chi connectivity index (χ2v) is 5.11. The quantitative estimate of drug-likeness (QED) is 0.597. The zero-order valence-corrected chi connectivity index (χ0v) is 11.5. The van der Waals surface area contributed by atoms with Crippen molar-refractivity contribution in [1.29, 1.82) is 0 Å². The van der Waals surface area contributed by atoms with Crippen molar-refractivity contribution in [3.05, 3.63) is 0 Å². The molecule has 96 valence electrons. The molecule has 0 radical (unpaired) electrons. The normalized spacial score (nSPS) is 11.1. The van der Waals surface area contributed by atoms with Crippen molar-refractivity contribution in [3.8, 4) is 0 Å². The van der Waals surface area contributed by atoms with Gasteiger partial charge >= 0.3 is 0 Å². The Balaban J connectivity index is 3.40. The highest BCUT2D eigenvalue weighted by atomic mass is 16.1. The van der Waals surface area contributed by atoms with Crippen LogP contribution in [0.15, 0.2) is 0 Å². The van der Waals surface area contributed by atoms with E-state index in [1.807, 2.05) is 0 Å². The van der Waals surface area contributed by atoms with Crippen LogP contribution in [0.3, 0.4) is 0 Å². The first-order chi connectivity index (χ1) is 7.60. The number of hydrogen-bond donors (Lipinski definition) is 1. The average Bonchev–Trinajstić information content (AvgIpc) is 2.26. The highest BCUT2D eigenvalue weighted by Crippen LogP contribution is 2.13. The molecule has 0 saturated heterocycles. The van der Waals surface area contributed by atoms with Gasteiger partial charge in [-0.05, 0) is 31.1 Å². The van der Waals surface area contributed by atoms with Gasteiger partial charge < -0.3 is 5.32 Å². The molecule has 0 bridgehead atoms. The van der Waals surface area contributed by atoms with Crippen LogP contribution in [0.4, 0.5) is 0 Å². The molecule has 1 N–H and O–H groups in total. The first-order valence-electron chi connectivity index (χ1n) is 6.86. The van der Waals surface area contributed by atoms with Crippen molar-refractivity contribution in [2.45, 2.75) is 66.2 Å². The molecule has 0 aliphatic heterocycles. The van der Waals surface area contributed by atoms with Crippen molar-refractivity contribution in [2.24, 2.45) is 11.8 Å². The number of rotatable bonds is 9. The fourth-order valence-corrected chi connectivity index (χ4v) is 1.82. The number of amides is 1. The Morgan fingerprint density at radius 1 is 1.12 bits per heavy atom. The Labute approximate surface area is 101 Å². The molecular formula is C14H29NO. The molecule has 0 heterocycles. The summed E-state index contributed by atoms with van der Waals surface area (Å²) < 4.78 is 0. The van der Waals surface area contributed by atoms with Gasteiger partial charge in [-0.2, -0.15) is 0 Å². The summed E-state index contributed by atoms with van der Waals surface area (Å²) in [5.74, 6) is 1.68. The summed E-state index contributed by atoms with van der Waals surface area (Å²) >= 11 is 0. The summed E-state index contributed by atoms with van der Waals surface area (Å²) in [6.45, 7) is 9.65. The van der Waals surface area contributed by atoms with Gasteiger partial charge in [-0.15, -0.1) is 0 Å². The van der Waals surface area contributed by atoms with E-state index >= 15 is 0 Å². The molecule has 0 saturated carbocycles. The standard InChI is InChI=1S/C14H29NO/c1-5-13(6-2)8-7-11-15-14(16)10-9-12(3)4/h12-13H,5-11H2,1-4H3,(H,15,16). The number of carbonyl (C=O) groups excluding carboxylic acids is 1. The van der Waals surface area contributed by atoms with E-state index in [1.54, 1.807) is 0 Å². The van der Waals surface area contributed by atoms with Crippen LogP contribution in [0, 0.1) is 11.8 Å². The van der Waals surface area contributed by atoms with E-state index in [-0.39, 0.29) is 5.91 Å². The highest BCUT2D eigenvalue weighted by molar-refractivity contribution is 5.75. The summed E-state index contributed by atoms with van der Waals surface area (Å²) in [5, 5.41) is 3.00. The van der Waals surface area contributed by atoms with Crippen molar-refractivity contribution < 1.29 is 4.79 Å². The average molecular weight is 227 g/mol. The fraction of sp³-hybridized carbons (Fsp3) is 0.929. The predicted octanol–water partition coefficient (Wildman–Crippen LogP) is 3.76. The molecule has 0 aromatic carbocycles. The lowest BCUT2D eigenvalue weighted by molar-refractivity contribution is -0.121. The number of hydrogen-bond acceptors (Lipinski definition) is 1. The van der Waals surface area contributed by atoms with Gasteiger partial charge in [0.15, 0.2) is 0 Å². The first-order valence-corrected chi connectivity index (χ1v) is 6.86. The number of carbonyl (C=O) groups is 1. The molecule has 0 aromatic rings. The lowest BCUT2D eigenvalue weighted by Gasteiger charge is -2.12. The SMILES string of the molecule is CCC(CC)CCCNC(=O)CCC(C)C. The van der Waals surface area contributed by atoms with Crippen LogP contribution in [-0.2, 0) is 4.79 Å². The van der Waals surface area contributed by atoms with Gasteiger partial charge in [-0.1, -0.05) is 40.5 Å². The second kappa shape index (κ2) is 9.68. The van der Waals surface area contributed by atoms with Gasteiger partial charge in [0.25, 0.3) is 0 Å². The molecule has 16 heavy (non-hydrogen) atoms. The minimum absolute atomic E-state index is 0.221. The third-order valence-electron chi connectivity index (χ3n) is 3.21. The molecule has 1 amide bonds. The van der Waals surface area contributed by atoms with Crippen LogP contribution in [0.5, 0.6) is 0 Å². The lowest BCUT2D eigenvalue weighted by atomic mass is 9.98. The number of nitrogens with one attached hydrogen (secondary N) is 1. The third kappa shape index (κ3) is 8.75. The molecule has 0 atom stereocenters. The summed E-state index contributed by atoms with van der Waals surface area (Å²) in [4.78, 5) is 11.4. The maximum absolute atomic E-state index is 11.4. The molecule has 2 heteroatoms. The maximum Gasteiger partial charge on any atom is 0.220 e. The van der Waals surface area contributed by atoms with Crippen LogP contribution in [-0.4, -0.2) is 12.5 Å². The molecule has 0 spiro atoms. The van der Waals surface area contributed by atoms with E-state index in [0.717, 1.165) is 25.3 Å². The zero-order valence-electron chi connectivity index (χ0n) is 11.5. The molecule has 2 nitrogen and oxygen atoms in total. The van der Waals surface area contributed by atoms with Gasteiger partial charge in [0.05, 0.1) is 0 Å². The second-order valence-electron chi connectivity index (χ2n) is 5.11. The van der Waals surface area contributed by atoms with Crippen molar-refractivity contribution in [2.75, 3.05) is 6.54 Å². The lowest BCUT2D eigenvalue weighted by Crippen LogP contribution is -2.24. The van der Waals surface area contributed by atoms with Crippen molar-refractivity contribution in [1.82, 2.24) is 5.32 Å². The third-order valence-corrected chi connectivity index (χ3v) is 3.21. The van der Waals surface area contributed by atoms with E-state index < -0.39 is 0 Å². The smallest absolute Gasteiger partial charge is 0.220 e. The van der Waals surface area contributed by atoms with Crippen LogP contribution < -0.4 is 5.32 Å². The molecule has 0 rings (SSSR count). The van der Waals surface area contributed by atoms with E-state index in [0.29, 0.717) is 12.3 Å². The van der Waals surface area contributed by atoms with E-state index in [4.69, 9.17) is 0 Å². The van der Waals surface area contributed by atoms with Gasteiger partial charge in [0.1, 0.15) is 0 Å². The Morgan fingerprint density at radius 2 is 1.75 bits per heavy atom. The van der Waals surface area contributed by atoms with Crippen molar-refractivity contribution >= 4 is 5.91 Å². The van der Waals surface area contributed by atoms with Gasteiger partial charge in [0.2, 0.25) is 5.91 Å². The summed E-state index contributed by atoms with van der Waals surface area (Å²) in [5.41, 5.74) is 0. The summed E-state index contributed by atoms with van der Waals surface area (Å²) in [6, 6.07) is 0.